The first kappa shape index (κ1) is 21.2. The van der Waals surface area contributed by atoms with Crippen molar-refractivity contribution in [2.75, 3.05) is 58.3 Å². The Bertz CT molecular complexity index is 746. The van der Waals surface area contributed by atoms with Crippen LogP contribution in [0.4, 0.5) is 5.69 Å². The number of aryl methyl sites for hydroxylation is 1. The molecule has 0 atom stereocenters. The minimum absolute atomic E-state index is 0.856. The number of hydrogen-bond acceptors (Lipinski definition) is 3. The number of para-hydroxylation sites is 1. The molecule has 2 heterocycles. The summed E-state index contributed by atoms with van der Waals surface area (Å²) in [4.78, 5) is 11.7. The average Bonchev–Trinajstić information content (AvgIpc) is 3.16. The molecular formula is C23H36N6. The van der Waals surface area contributed by atoms with Crippen molar-refractivity contribution in [3.05, 3.63) is 54.4 Å². The Morgan fingerprint density at radius 1 is 1.03 bits per heavy atom. The zero-order valence-corrected chi connectivity index (χ0v) is 18.2. The largest absolute Gasteiger partial charge is 0.369 e. The van der Waals surface area contributed by atoms with E-state index in [1.54, 1.807) is 0 Å². The van der Waals surface area contributed by atoms with Gasteiger partial charge in [-0.15, -0.1) is 0 Å². The lowest BCUT2D eigenvalue weighted by atomic mass is 10.2. The molecule has 1 aromatic heterocycles. The van der Waals surface area contributed by atoms with Crippen LogP contribution in [0.2, 0.25) is 0 Å². The Morgan fingerprint density at radius 2 is 1.79 bits per heavy atom. The van der Waals surface area contributed by atoms with Gasteiger partial charge in [0.1, 0.15) is 0 Å². The van der Waals surface area contributed by atoms with Crippen molar-refractivity contribution >= 4 is 11.6 Å². The second-order valence-electron chi connectivity index (χ2n) is 7.81. The van der Waals surface area contributed by atoms with Gasteiger partial charge >= 0.3 is 0 Å². The van der Waals surface area contributed by atoms with Crippen molar-refractivity contribution in [3.8, 4) is 0 Å². The van der Waals surface area contributed by atoms with Gasteiger partial charge in [0.25, 0.3) is 0 Å². The van der Waals surface area contributed by atoms with Crippen LogP contribution in [0.3, 0.4) is 0 Å². The Labute approximate surface area is 175 Å². The molecule has 0 unspecified atom stereocenters. The van der Waals surface area contributed by atoms with Crippen molar-refractivity contribution < 1.29 is 0 Å². The highest BCUT2D eigenvalue weighted by molar-refractivity contribution is 5.79. The number of nitrogens with one attached hydrogen (secondary N) is 1. The van der Waals surface area contributed by atoms with Crippen molar-refractivity contribution in [3.63, 3.8) is 0 Å². The van der Waals surface area contributed by atoms with Gasteiger partial charge < -0.3 is 19.7 Å². The SMILES string of the molecule is CN=C(NCCCCN1CCN(c2ccccc2)CC1)N(C)Cc1cccn1C. The van der Waals surface area contributed by atoms with E-state index in [0.717, 1.165) is 51.6 Å². The summed E-state index contributed by atoms with van der Waals surface area (Å²) in [7, 11) is 6.03. The van der Waals surface area contributed by atoms with Crippen LogP contribution < -0.4 is 10.2 Å². The Balaban J connectivity index is 1.30. The third kappa shape index (κ3) is 6.26. The third-order valence-corrected chi connectivity index (χ3v) is 5.70. The van der Waals surface area contributed by atoms with Crippen LogP contribution in [0.15, 0.2) is 53.7 Å². The van der Waals surface area contributed by atoms with Gasteiger partial charge in [-0.1, -0.05) is 18.2 Å². The number of anilines is 1. The topological polar surface area (TPSA) is 39.0 Å². The first-order valence-corrected chi connectivity index (χ1v) is 10.7. The van der Waals surface area contributed by atoms with Gasteiger partial charge in [0, 0.05) is 71.4 Å². The molecule has 3 rings (SSSR count). The quantitative estimate of drug-likeness (QED) is 0.423. The smallest absolute Gasteiger partial charge is 0.193 e. The van der Waals surface area contributed by atoms with Crippen molar-refractivity contribution in [2.45, 2.75) is 19.4 Å². The maximum absolute atomic E-state index is 4.43. The van der Waals surface area contributed by atoms with Crippen LogP contribution in [0, 0.1) is 0 Å². The summed E-state index contributed by atoms with van der Waals surface area (Å²) in [6.45, 7) is 7.57. The van der Waals surface area contributed by atoms with E-state index in [9.17, 15) is 0 Å². The lowest BCUT2D eigenvalue weighted by molar-refractivity contribution is 0.253. The molecule has 6 heteroatoms. The first-order valence-electron chi connectivity index (χ1n) is 10.7. The van der Waals surface area contributed by atoms with E-state index in [1.807, 2.05) is 7.05 Å². The summed E-state index contributed by atoms with van der Waals surface area (Å²) in [6.07, 6.45) is 4.46. The number of aromatic nitrogens is 1. The molecule has 6 nitrogen and oxygen atoms in total. The van der Waals surface area contributed by atoms with E-state index in [4.69, 9.17) is 0 Å². The van der Waals surface area contributed by atoms with E-state index in [-0.39, 0.29) is 0 Å². The van der Waals surface area contributed by atoms with Crippen LogP contribution >= 0.6 is 0 Å². The predicted molar refractivity (Wildman–Crippen MR) is 123 cm³/mol. The van der Waals surface area contributed by atoms with Gasteiger partial charge in [-0.05, 0) is 43.7 Å². The summed E-state index contributed by atoms with van der Waals surface area (Å²) >= 11 is 0. The maximum atomic E-state index is 4.43. The van der Waals surface area contributed by atoms with E-state index < -0.39 is 0 Å². The zero-order chi connectivity index (χ0) is 20.5. The number of guanidine groups is 1. The molecule has 0 spiro atoms. The van der Waals surface area contributed by atoms with Crippen molar-refractivity contribution in [1.82, 2.24) is 19.7 Å². The summed E-state index contributed by atoms with van der Waals surface area (Å²) in [5.74, 6) is 0.961. The predicted octanol–water partition coefficient (Wildman–Crippen LogP) is 2.63. The standard InChI is InChI=1S/C23H36N6/c1-24-23(27(3)20-22-12-9-14-26(22)2)25-13-7-8-15-28-16-18-29(19-17-28)21-10-5-4-6-11-21/h4-6,9-12,14H,7-8,13,15-20H2,1-3H3,(H,24,25). The van der Waals surface area contributed by atoms with Gasteiger partial charge in [0.2, 0.25) is 0 Å². The monoisotopic (exact) mass is 396 g/mol. The van der Waals surface area contributed by atoms with Crippen LogP contribution in [-0.2, 0) is 13.6 Å². The highest BCUT2D eigenvalue weighted by Crippen LogP contribution is 2.15. The second kappa shape index (κ2) is 10.9. The first-order chi connectivity index (χ1) is 14.2. The number of aliphatic imine (C=N–C) groups is 1. The highest BCUT2D eigenvalue weighted by atomic mass is 15.3. The molecule has 158 valence electrons. The van der Waals surface area contributed by atoms with E-state index in [0.29, 0.717) is 0 Å². The van der Waals surface area contributed by atoms with Crippen molar-refractivity contribution in [1.29, 1.82) is 0 Å². The second-order valence-corrected chi connectivity index (χ2v) is 7.81. The molecule has 0 aliphatic carbocycles. The van der Waals surface area contributed by atoms with Gasteiger partial charge in [0.15, 0.2) is 5.96 Å². The number of piperazine rings is 1. The van der Waals surface area contributed by atoms with E-state index >= 15 is 0 Å². The molecule has 0 saturated carbocycles. The Hall–Kier alpha value is -2.47. The minimum atomic E-state index is 0.856. The molecule has 0 bridgehead atoms. The van der Waals surface area contributed by atoms with Crippen LogP contribution in [0.1, 0.15) is 18.5 Å². The van der Waals surface area contributed by atoms with E-state index in [2.05, 4.69) is 92.3 Å². The molecule has 0 amide bonds. The number of hydrogen-bond donors (Lipinski definition) is 1. The summed E-state index contributed by atoms with van der Waals surface area (Å²) in [5, 5.41) is 3.51. The molecule has 29 heavy (non-hydrogen) atoms. The highest BCUT2D eigenvalue weighted by Gasteiger charge is 2.16. The fraction of sp³-hybridized carbons (Fsp3) is 0.522. The number of benzene rings is 1. The molecule has 1 aliphatic heterocycles. The molecule has 1 fully saturated rings. The van der Waals surface area contributed by atoms with Crippen LogP contribution in [-0.4, -0.2) is 73.7 Å². The molecule has 1 aliphatic rings. The molecule has 0 radical (unpaired) electrons. The zero-order valence-electron chi connectivity index (χ0n) is 18.2. The van der Waals surface area contributed by atoms with Gasteiger partial charge in [-0.2, -0.15) is 0 Å². The minimum Gasteiger partial charge on any atom is -0.369 e. The molecule has 1 saturated heterocycles. The fourth-order valence-corrected chi connectivity index (χ4v) is 3.89. The Morgan fingerprint density at radius 3 is 2.45 bits per heavy atom. The van der Waals surface area contributed by atoms with Gasteiger partial charge in [0.05, 0.1) is 6.54 Å². The Kier molecular flexibility index (Phi) is 7.99. The van der Waals surface area contributed by atoms with Crippen molar-refractivity contribution in [2.24, 2.45) is 12.0 Å². The summed E-state index contributed by atoms with van der Waals surface area (Å²) in [6, 6.07) is 15.0. The van der Waals surface area contributed by atoms with E-state index in [1.165, 1.54) is 24.3 Å². The number of nitrogens with zero attached hydrogens (tertiary/aromatic N) is 5. The van der Waals surface area contributed by atoms with Gasteiger partial charge in [-0.3, -0.25) is 9.89 Å². The third-order valence-electron chi connectivity index (χ3n) is 5.70. The maximum Gasteiger partial charge on any atom is 0.193 e. The fourth-order valence-electron chi connectivity index (χ4n) is 3.89. The molecule has 1 N–H and O–H groups in total. The average molecular weight is 397 g/mol. The summed E-state index contributed by atoms with van der Waals surface area (Å²) < 4.78 is 2.15. The van der Waals surface area contributed by atoms with Gasteiger partial charge in [-0.25, -0.2) is 0 Å². The summed E-state index contributed by atoms with van der Waals surface area (Å²) in [5.41, 5.74) is 2.63. The lowest BCUT2D eigenvalue weighted by Gasteiger charge is -2.36. The lowest BCUT2D eigenvalue weighted by Crippen LogP contribution is -2.46. The number of unbranched alkanes of at least 4 members (excludes halogenated alkanes) is 1. The molecular weight excluding hydrogens is 360 g/mol. The number of rotatable bonds is 8. The van der Waals surface area contributed by atoms with Crippen LogP contribution in [0.5, 0.6) is 0 Å². The van der Waals surface area contributed by atoms with Crippen LogP contribution in [0.25, 0.3) is 0 Å². The molecule has 1 aromatic carbocycles. The normalized spacial score (nSPS) is 15.6. The molecule has 2 aromatic rings.